The smallest absolute Gasteiger partial charge is 0.137 e. The molecule has 18 rings (SSSR count). The van der Waals surface area contributed by atoms with Crippen LogP contribution in [0.4, 0.5) is 34.1 Å². The average molecular weight is 1180 g/mol. The number of benzene rings is 14. The molecular weight excluding hydrogens is 1120 g/mol. The van der Waals surface area contributed by atoms with Gasteiger partial charge in [0.15, 0.2) is 0 Å². The van der Waals surface area contributed by atoms with Gasteiger partial charge in [-0.2, -0.15) is 0 Å². The van der Waals surface area contributed by atoms with Crippen molar-refractivity contribution in [2.24, 2.45) is 0 Å². The summed E-state index contributed by atoms with van der Waals surface area (Å²) in [6, 6.07) is 112. The van der Waals surface area contributed by atoms with E-state index in [1.54, 1.807) is 0 Å². The Morgan fingerprint density at radius 2 is 0.543 bits per heavy atom. The van der Waals surface area contributed by atoms with Gasteiger partial charge in [-0.05, 0) is 200 Å². The molecule has 4 heteroatoms. The summed E-state index contributed by atoms with van der Waals surface area (Å²) in [5, 5.41) is 6.45. The van der Waals surface area contributed by atoms with Crippen LogP contribution in [0.3, 0.4) is 0 Å². The summed E-state index contributed by atoms with van der Waals surface area (Å²) in [5.41, 5.74) is 28.6. The van der Waals surface area contributed by atoms with Gasteiger partial charge in [-0.3, -0.25) is 0 Å². The fourth-order valence-corrected chi connectivity index (χ4v) is 16.4. The molecule has 0 radical (unpaired) electrons. The number of rotatable bonds is 10. The number of hydrogen-bond acceptors (Lipinski definition) is 4. The number of para-hydroxylation sites is 2. The fraction of sp³-hybridized carbons (Fsp3) is 0.0682. The van der Waals surface area contributed by atoms with Crippen LogP contribution in [0.15, 0.2) is 312 Å². The van der Waals surface area contributed by atoms with E-state index in [-0.39, 0.29) is 0 Å². The van der Waals surface area contributed by atoms with Crippen molar-refractivity contribution in [2.75, 3.05) is 9.80 Å². The van der Waals surface area contributed by atoms with Crippen molar-refractivity contribution in [1.82, 2.24) is 0 Å². The molecule has 2 aliphatic rings. The second-order valence-electron chi connectivity index (χ2n) is 25.3. The number of fused-ring (bicyclic) bond motifs is 13. The predicted octanol–water partition coefficient (Wildman–Crippen LogP) is 23.5. The van der Waals surface area contributed by atoms with E-state index in [0.29, 0.717) is 0 Å². The summed E-state index contributed by atoms with van der Waals surface area (Å²) in [7, 11) is 0. The number of aryl methyl sites for hydroxylation is 4. The van der Waals surface area contributed by atoms with E-state index in [4.69, 9.17) is 8.83 Å². The predicted molar refractivity (Wildman–Crippen MR) is 381 cm³/mol. The van der Waals surface area contributed by atoms with E-state index in [0.717, 1.165) is 88.8 Å². The molecule has 0 aliphatic heterocycles. The maximum absolute atomic E-state index is 7.00. The molecule has 2 aliphatic carbocycles. The molecule has 0 amide bonds. The third kappa shape index (κ3) is 7.77. The summed E-state index contributed by atoms with van der Waals surface area (Å²) >= 11 is 0. The van der Waals surface area contributed by atoms with Gasteiger partial charge < -0.3 is 18.6 Å². The van der Waals surface area contributed by atoms with Crippen LogP contribution in [0.5, 0.6) is 0 Å². The van der Waals surface area contributed by atoms with Crippen LogP contribution in [0.2, 0.25) is 0 Å². The summed E-state index contributed by atoms with van der Waals surface area (Å²) < 4.78 is 14.0. The molecule has 4 nitrogen and oxygen atoms in total. The van der Waals surface area contributed by atoms with E-state index < -0.39 is 10.8 Å². The van der Waals surface area contributed by atoms with Crippen LogP contribution < -0.4 is 9.80 Å². The largest absolute Gasteiger partial charge is 0.456 e. The Kier molecular flexibility index (Phi) is 12.0. The normalized spacial score (nSPS) is 13.4. The lowest BCUT2D eigenvalue weighted by atomic mass is 9.67. The van der Waals surface area contributed by atoms with E-state index in [1.165, 1.54) is 89.0 Å². The van der Waals surface area contributed by atoms with Crippen LogP contribution in [0.1, 0.15) is 66.8 Å². The standard InChI is InChI=1S/C88H62N2O2/c1-55-23-19-24-56(2)85(55)89(65-33-21-31-63(51-65)87(61-27-7-5-8-28-61)77-39-15-11-35-69(77)70-36-12-16-40-78(70)87)67-43-45-73-75-47-59-48-76-74-46-44-68(54-84(74)92-82(76)50-60(59)49-81(75)91-83(73)53-67)90(86-57(3)25-20-26-58(86)4)66-34-22-32-64(52-66)88(62-29-9-6-10-30-62)79-41-17-13-37-71(79)72-38-14-18-42-80(72)88/h5-54H,1-4H3. The highest BCUT2D eigenvalue weighted by Crippen LogP contribution is 2.59. The summed E-state index contributed by atoms with van der Waals surface area (Å²) in [5.74, 6) is 0. The molecule has 0 N–H and O–H groups in total. The molecule has 0 unspecified atom stereocenters. The Bertz CT molecular complexity index is 5200. The van der Waals surface area contributed by atoms with E-state index in [9.17, 15) is 0 Å². The molecule has 0 atom stereocenters. The second kappa shape index (κ2) is 20.5. The van der Waals surface area contributed by atoms with Crippen molar-refractivity contribution in [3.05, 3.63) is 370 Å². The van der Waals surface area contributed by atoms with E-state index in [1.807, 2.05) is 0 Å². The number of nitrogens with zero attached hydrogens (tertiary/aromatic N) is 2. The Morgan fingerprint density at radius 3 is 0.924 bits per heavy atom. The molecule has 14 aromatic carbocycles. The topological polar surface area (TPSA) is 32.8 Å². The summed E-state index contributed by atoms with van der Waals surface area (Å²) in [4.78, 5) is 4.86. The van der Waals surface area contributed by atoms with Gasteiger partial charge in [-0.15, -0.1) is 0 Å². The maximum atomic E-state index is 7.00. The third-order valence-corrected chi connectivity index (χ3v) is 20.2. The lowest BCUT2D eigenvalue weighted by Crippen LogP contribution is -2.28. The minimum atomic E-state index is -0.543. The minimum Gasteiger partial charge on any atom is -0.456 e. The maximum Gasteiger partial charge on any atom is 0.137 e. The Morgan fingerprint density at radius 1 is 0.239 bits per heavy atom. The molecule has 2 heterocycles. The summed E-state index contributed by atoms with van der Waals surface area (Å²) in [6.45, 7) is 8.87. The molecular formula is C88H62N2O2. The first-order valence-corrected chi connectivity index (χ1v) is 32.0. The third-order valence-electron chi connectivity index (χ3n) is 20.2. The van der Waals surface area contributed by atoms with Gasteiger partial charge in [0.1, 0.15) is 22.3 Å². The van der Waals surface area contributed by atoms with Gasteiger partial charge in [-0.1, -0.05) is 218 Å². The van der Waals surface area contributed by atoms with Crippen LogP contribution in [0.25, 0.3) is 76.9 Å². The highest BCUT2D eigenvalue weighted by molar-refractivity contribution is 6.16. The van der Waals surface area contributed by atoms with Crippen molar-refractivity contribution in [2.45, 2.75) is 38.5 Å². The molecule has 92 heavy (non-hydrogen) atoms. The summed E-state index contributed by atoms with van der Waals surface area (Å²) in [6.07, 6.45) is 0. The van der Waals surface area contributed by atoms with Crippen LogP contribution in [-0.2, 0) is 10.8 Å². The number of hydrogen-bond donors (Lipinski definition) is 0. The quantitative estimate of drug-likeness (QED) is 0.137. The van der Waals surface area contributed by atoms with Crippen molar-refractivity contribution in [3.8, 4) is 22.3 Å². The van der Waals surface area contributed by atoms with E-state index >= 15 is 0 Å². The first-order chi connectivity index (χ1) is 45.2. The monoisotopic (exact) mass is 1180 g/mol. The second-order valence-corrected chi connectivity index (χ2v) is 25.3. The van der Waals surface area contributed by atoms with Gasteiger partial charge in [0.05, 0.1) is 22.2 Å². The molecule has 16 aromatic rings. The molecule has 0 spiro atoms. The Balaban J connectivity index is 0.747. The molecule has 0 bridgehead atoms. The van der Waals surface area contributed by atoms with Crippen molar-refractivity contribution in [1.29, 1.82) is 0 Å². The van der Waals surface area contributed by atoms with Gasteiger partial charge in [0.2, 0.25) is 0 Å². The van der Waals surface area contributed by atoms with Crippen molar-refractivity contribution in [3.63, 3.8) is 0 Å². The lowest BCUT2D eigenvalue weighted by Gasteiger charge is -2.35. The van der Waals surface area contributed by atoms with Crippen molar-refractivity contribution >= 4 is 88.8 Å². The number of furan rings is 2. The molecule has 2 aromatic heterocycles. The minimum absolute atomic E-state index is 0.543. The average Bonchev–Trinajstić information content (AvgIpc) is 1.54. The van der Waals surface area contributed by atoms with Crippen LogP contribution in [0, 0.1) is 27.7 Å². The molecule has 0 saturated heterocycles. The lowest BCUT2D eigenvalue weighted by molar-refractivity contribution is 0.668. The highest BCUT2D eigenvalue weighted by Gasteiger charge is 2.48. The van der Waals surface area contributed by atoms with Gasteiger partial charge in [0, 0.05) is 56.4 Å². The van der Waals surface area contributed by atoms with Crippen molar-refractivity contribution < 1.29 is 8.83 Å². The van der Waals surface area contributed by atoms with Gasteiger partial charge >= 0.3 is 0 Å². The molecule has 0 fully saturated rings. The Labute approximate surface area is 535 Å². The first-order valence-electron chi connectivity index (χ1n) is 32.0. The zero-order chi connectivity index (χ0) is 61.4. The van der Waals surface area contributed by atoms with Gasteiger partial charge in [0.25, 0.3) is 0 Å². The molecule has 436 valence electrons. The van der Waals surface area contributed by atoms with Crippen LogP contribution >= 0.6 is 0 Å². The van der Waals surface area contributed by atoms with E-state index in [2.05, 4.69) is 341 Å². The molecule has 0 saturated carbocycles. The van der Waals surface area contributed by atoms with Crippen LogP contribution in [-0.4, -0.2) is 0 Å². The first kappa shape index (κ1) is 53.6. The van der Waals surface area contributed by atoms with Gasteiger partial charge in [-0.25, -0.2) is 0 Å². The fourth-order valence-electron chi connectivity index (χ4n) is 16.4. The SMILES string of the molecule is Cc1cccc(C)c1N(c1cccc(C2(c3ccccc3)c3ccccc3-c3ccccc32)c1)c1ccc2c(c1)oc1cc3cc4oc5cc(N(c6cccc(C7(c8ccccc8)c8ccccc8-c8ccccc87)c6)c6c(C)cccc6C)ccc5c4cc3cc12. The zero-order valence-corrected chi connectivity index (χ0v) is 51.6. The Hall–Kier alpha value is -11.5. The highest BCUT2D eigenvalue weighted by atomic mass is 16.3. The number of anilines is 6. The zero-order valence-electron chi connectivity index (χ0n) is 51.6.